The lowest BCUT2D eigenvalue weighted by Gasteiger charge is -1.77. The Bertz CT molecular complexity index is 327. The van der Waals surface area contributed by atoms with Gasteiger partial charge in [0.25, 0.3) is 0 Å². The molecule has 0 bridgehead atoms. The molecule has 2 rings (SSSR count). The molecule has 4 heteroatoms. The van der Waals surface area contributed by atoms with Crippen LogP contribution in [0.4, 0.5) is 0 Å². The Morgan fingerprint density at radius 2 is 1.90 bits per heavy atom. The summed E-state index contributed by atoms with van der Waals surface area (Å²) < 4.78 is 3.90. The van der Waals surface area contributed by atoms with Gasteiger partial charge in [0.1, 0.15) is 7.85 Å². The highest BCUT2D eigenvalue weighted by molar-refractivity contribution is 14.1. The molecule has 0 unspecified atom stereocenters. The summed E-state index contributed by atoms with van der Waals surface area (Å²) in [5, 5.41) is 4.14. The first-order valence-electron chi connectivity index (χ1n) is 2.68. The highest BCUT2D eigenvalue weighted by Gasteiger charge is 2.04. The Hall–Kier alpha value is 0.455. The van der Waals surface area contributed by atoms with E-state index < -0.39 is 0 Å². The summed E-state index contributed by atoms with van der Waals surface area (Å²) in [7, 11) is 5.71. The standard InChI is InChI=1S/C6H2BIS2/c7-3-1-9-6-4(8)2-10-5(3)6/h1-2H. The van der Waals surface area contributed by atoms with Crippen LogP contribution < -0.4 is 5.46 Å². The largest absolute Gasteiger partial charge is 0.142 e. The van der Waals surface area contributed by atoms with Crippen molar-refractivity contribution in [2.24, 2.45) is 0 Å². The molecule has 0 aliphatic heterocycles. The molecule has 0 N–H and O–H groups in total. The van der Waals surface area contributed by atoms with Crippen LogP contribution in [-0.2, 0) is 0 Å². The third kappa shape index (κ3) is 0.932. The van der Waals surface area contributed by atoms with Crippen molar-refractivity contribution in [2.45, 2.75) is 0 Å². The molecule has 0 spiro atoms. The number of thiophene rings is 2. The number of rotatable bonds is 0. The van der Waals surface area contributed by atoms with Gasteiger partial charge in [0.05, 0.1) is 4.70 Å². The van der Waals surface area contributed by atoms with Crippen LogP contribution in [0, 0.1) is 3.57 Å². The first-order chi connectivity index (χ1) is 4.79. The van der Waals surface area contributed by atoms with Crippen LogP contribution in [0.3, 0.4) is 0 Å². The number of halogens is 1. The highest BCUT2D eigenvalue weighted by Crippen LogP contribution is 2.29. The smallest absolute Gasteiger partial charge is 0.116 e. The normalized spacial score (nSPS) is 10.9. The molecule has 0 nitrogen and oxygen atoms in total. The van der Waals surface area contributed by atoms with Gasteiger partial charge < -0.3 is 0 Å². The predicted octanol–water partition coefficient (Wildman–Crippen LogP) is 2.36. The Labute approximate surface area is 81.8 Å². The van der Waals surface area contributed by atoms with Gasteiger partial charge in [-0.3, -0.25) is 0 Å². The topological polar surface area (TPSA) is 0 Å². The van der Waals surface area contributed by atoms with Crippen molar-refractivity contribution in [2.75, 3.05) is 0 Å². The minimum absolute atomic E-state index is 0.924. The van der Waals surface area contributed by atoms with Gasteiger partial charge in [-0.2, -0.15) is 0 Å². The molecule has 0 amide bonds. The van der Waals surface area contributed by atoms with Crippen molar-refractivity contribution >= 4 is 68.0 Å². The fraction of sp³-hybridized carbons (Fsp3) is 0. The second kappa shape index (κ2) is 2.50. The number of hydrogen-bond acceptors (Lipinski definition) is 2. The van der Waals surface area contributed by atoms with Gasteiger partial charge >= 0.3 is 0 Å². The molecule has 0 aliphatic rings. The van der Waals surface area contributed by atoms with E-state index in [1.807, 2.05) is 5.38 Å². The predicted molar refractivity (Wildman–Crippen MR) is 57.8 cm³/mol. The summed E-state index contributed by atoms with van der Waals surface area (Å²) in [6, 6.07) is 0. The molecule has 10 heavy (non-hydrogen) atoms. The summed E-state index contributed by atoms with van der Waals surface area (Å²) in [4.78, 5) is 0. The van der Waals surface area contributed by atoms with Crippen LogP contribution in [0.1, 0.15) is 0 Å². The molecule has 2 heterocycles. The molecule has 0 fully saturated rings. The van der Waals surface area contributed by atoms with E-state index in [9.17, 15) is 0 Å². The van der Waals surface area contributed by atoms with Crippen LogP contribution in [-0.4, -0.2) is 7.85 Å². The van der Waals surface area contributed by atoms with E-state index in [2.05, 4.69) is 28.0 Å². The summed E-state index contributed by atoms with van der Waals surface area (Å²) in [5.74, 6) is 0. The van der Waals surface area contributed by atoms with Crippen molar-refractivity contribution in [1.82, 2.24) is 0 Å². The lowest BCUT2D eigenvalue weighted by Crippen LogP contribution is -1.93. The SMILES string of the molecule is [B]c1csc2c(I)csc12. The Kier molecular flexibility index (Phi) is 1.78. The molecule has 0 atom stereocenters. The average Bonchev–Trinajstić information content (AvgIpc) is 2.41. The maximum atomic E-state index is 5.71. The van der Waals surface area contributed by atoms with E-state index in [1.54, 1.807) is 22.7 Å². The van der Waals surface area contributed by atoms with E-state index in [1.165, 1.54) is 13.0 Å². The molecule has 0 aliphatic carbocycles. The van der Waals surface area contributed by atoms with Crippen LogP contribution in [0.2, 0.25) is 0 Å². The van der Waals surface area contributed by atoms with Crippen LogP contribution in [0.25, 0.3) is 9.40 Å². The molecule has 2 aromatic heterocycles. The molecular weight excluding hydrogens is 274 g/mol. The van der Waals surface area contributed by atoms with Crippen LogP contribution in [0.15, 0.2) is 10.8 Å². The maximum absolute atomic E-state index is 5.71. The van der Waals surface area contributed by atoms with E-state index in [0.717, 1.165) is 5.46 Å². The van der Waals surface area contributed by atoms with E-state index in [4.69, 9.17) is 7.85 Å². The quantitative estimate of drug-likeness (QED) is 0.512. The minimum atomic E-state index is 0.924. The first-order valence-corrected chi connectivity index (χ1v) is 5.52. The van der Waals surface area contributed by atoms with Crippen molar-refractivity contribution in [3.8, 4) is 0 Å². The number of hydrogen-bond donors (Lipinski definition) is 0. The van der Waals surface area contributed by atoms with Gasteiger partial charge in [0.2, 0.25) is 0 Å². The van der Waals surface area contributed by atoms with Gasteiger partial charge in [-0.1, -0.05) is 5.46 Å². The Balaban J connectivity index is 2.95. The summed E-state index contributed by atoms with van der Waals surface area (Å²) in [6.45, 7) is 0. The minimum Gasteiger partial charge on any atom is -0.142 e. The summed E-state index contributed by atoms with van der Waals surface area (Å²) in [6.07, 6.45) is 0. The lowest BCUT2D eigenvalue weighted by atomic mass is 10.0. The van der Waals surface area contributed by atoms with E-state index >= 15 is 0 Å². The van der Waals surface area contributed by atoms with Gasteiger partial charge in [0.15, 0.2) is 0 Å². The summed E-state index contributed by atoms with van der Waals surface area (Å²) >= 11 is 5.78. The molecular formula is C6H2BIS2. The molecule has 0 saturated heterocycles. The first kappa shape index (κ1) is 7.12. The van der Waals surface area contributed by atoms with Gasteiger partial charge in [-0.15, -0.1) is 22.7 Å². The van der Waals surface area contributed by atoms with Crippen molar-refractivity contribution in [3.05, 3.63) is 14.3 Å². The second-order valence-corrected chi connectivity index (χ2v) is 4.85. The molecule has 0 aromatic carbocycles. The second-order valence-electron chi connectivity index (χ2n) is 1.93. The van der Waals surface area contributed by atoms with Crippen LogP contribution in [0.5, 0.6) is 0 Å². The zero-order valence-electron chi connectivity index (χ0n) is 4.93. The molecule has 2 aromatic rings. The zero-order chi connectivity index (χ0) is 7.14. The van der Waals surface area contributed by atoms with Crippen molar-refractivity contribution in [1.29, 1.82) is 0 Å². The summed E-state index contributed by atoms with van der Waals surface area (Å²) in [5.41, 5.74) is 0.924. The molecule has 0 saturated carbocycles. The highest BCUT2D eigenvalue weighted by atomic mass is 127. The van der Waals surface area contributed by atoms with Gasteiger partial charge in [-0.05, 0) is 28.0 Å². The van der Waals surface area contributed by atoms with Gasteiger partial charge in [0, 0.05) is 13.7 Å². The lowest BCUT2D eigenvalue weighted by molar-refractivity contribution is 2.08. The average molecular weight is 276 g/mol. The fourth-order valence-corrected chi connectivity index (χ4v) is 3.97. The van der Waals surface area contributed by atoms with Crippen LogP contribution >= 0.6 is 45.3 Å². The van der Waals surface area contributed by atoms with Gasteiger partial charge in [-0.25, -0.2) is 0 Å². The fourth-order valence-electron chi connectivity index (χ4n) is 0.811. The number of fused-ring (bicyclic) bond motifs is 1. The molecule has 48 valence electrons. The maximum Gasteiger partial charge on any atom is 0.116 e. The van der Waals surface area contributed by atoms with Crippen molar-refractivity contribution < 1.29 is 0 Å². The Morgan fingerprint density at radius 1 is 1.20 bits per heavy atom. The Morgan fingerprint density at radius 3 is 2.60 bits per heavy atom. The third-order valence-corrected chi connectivity index (χ3v) is 5.10. The monoisotopic (exact) mass is 276 g/mol. The van der Waals surface area contributed by atoms with E-state index in [0.29, 0.717) is 0 Å². The van der Waals surface area contributed by atoms with Crippen molar-refractivity contribution in [3.63, 3.8) is 0 Å². The zero-order valence-corrected chi connectivity index (χ0v) is 8.72. The molecule has 2 radical (unpaired) electrons. The van der Waals surface area contributed by atoms with E-state index in [-0.39, 0.29) is 0 Å². The third-order valence-electron chi connectivity index (χ3n) is 1.27.